The maximum Gasteiger partial charge on any atom is 0.435 e. The topological polar surface area (TPSA) is 70.4 Å². The van der Waals surface area contributed by atoms with Crippen LogP contribution in [-0.2, 0) is 33.7 Å². The highest BCUT2D eigenvalue weighted by Crippen LogP contribution is 2.45. The molecular weight excluding hydrogens is 380 g/mol. The van der Waals surface area contributed by atoms with E-state index in [1.807, 2.05) is 51.1 Å². The molecule has 1 aromatic heterocycles. The summed E-state index contributed by atoms with van der Waals surface area (Å²) in [6, 6.07) is 9.79. The first kappa shape index (κ1) is 20.6. The Balaban J connectivity index is 1.42. The van der Waals surface area contributed by atoms with Gasteiger partial charge >= 0.3 is 12.1 Å². The molecule has 2 aliphatic carbocycles. The van der Waals surface area contributed by atoms with Gasteiger partial charge in [0.05, 0.1) is 11.6 Å². The number of carbonyl (C=O) groups is 2. The molecular formula is C24H30N2O4. The Kier molecular flexibility index (Phi) is 5.67. The molecule has 0 saturated heterocycles. The van der Waals surface area contributed by atoms with Gasteiger partial charge in [-0.2, -0.15) is 9.78 Å². The summed E-state index contributed by atoms with van der Waals surface area (Å²) in [5.41, 5.74) is 2.42. The average molecular weight is 411 g/mol. The standard InChI is InChI=1S/C24H30N2O4/c1-24(2,3)30-23(28)26-14-19-13-18(11-12-20(19)25-26)21(17-9-10-17)22(27)29-15-16-7-5-4-6-8-16/h4-8,14,17-18,21H,9-13,15H2,1-3H3. The smallest absolute Gasteiger partial charge is 0.435 e. The Morgan fingerprint density at radius 2 is 1.87 bits per heavy atom. The zero-order valence-electron chi connectivity index (χ0n) is 18.0. The summed E-state index contributed by atoms with van der Waals surface area (Å²) in [5.74, 6) is 0.478. The van der Waals surface area contributed by atoms with Gasteiger partial charge in [-0.1, -0.05) is 30.3 Å². The summed E-state index contributed by atoms with van der Waals surface area (Å²) in [6.07, 6.45) is 5.89. The summed E-state index contributed by atoms with van der Waals surface area (Å²) >= 11 is 0. The van der Waals surface area contributed by atoms with Gasteiger partial charge in [0.1, 0.15) is 12.2 Å². The van der Waals surface area contributed by atoms with Crippen molar-refractivity contribution in [2.45, 2.75) is 65.1 Å². The minimum Gasteiger partial charge on any atom is -0.461 e. The van der Waals surface area contributed by atoms with Gasteiger partial charge in [-0.15, -0.1) is 0 Å². The largest absolute Gasteiger partial charge is 0.461 e. The molecule has 2 aliphatic rings. The summed E-state index contributed by atoms with van der Waals surface area (Å²) < 4.78 is 12.4. The van der Waals surface area contributed by atoms with Crippen LogP contribution in [0.4, 0.5) is 4.79 Å². The molecule has 1 heterocycles. The van der Waals surface area contributed by atoms with E-state index >= 15 is 0 Å². The van der Waals surface area contributed by atoms with E-state index in [1.165, 1.54) is 4.68 Å². The molecule has 0 radical (unpaired) electrons. The van der Waals surface area contributed by atoms with Crippen molar-refractivity contribution in [3.05, 3.63) is 53.3 Å². The van der Waals surface area contributed by atoms with Crippen LogP contribution in [-0.4, -0.2) is 27.4 Å². The molecule has 30 heavy (non-hydrogen) atoms. The van der Waals surface area contributed by atoms with Crippen LogP contribution in [0, 0.1) is 17.8 Å². The number of benzene rings is 1. The van der Waals surface area contributed by atoms with Gasteiger partial charge < -0.3 is 9.47 Å². The molecule has 0 bridgehead atoms. The maximum atomic E-state index is 13.0. The number of aromatic nitrogens is 2. The number of fused-ring (bicyclic) bond motifs is 1. The highest BCUT2D eigenvalue weighted by Gasteiger charge is 2.43. The molecule has 1 saturated carbocycles. The minimum absolute atomic E-state index is 0.0771. The molecule has 2 unspecified atom stereocenters. The lowest BCUT2D eigenvalue weighted by molar-refractivity contribution is -0.153. The fraction of sp³-hybridized carbons (Fsp3) is 0.542. The quantitative estimate of drug-likeness (QED) is 0.677. The molecule has 0 spiro atoms. The second-order valence-electron chi connectivity index (χ2n) is 9.49. The SMILES string of the molecule is CC(C)(C)OC(=O)n1cc2c(n1)CCC(C(C(=O)OCc1ccccc1)C1CC1)C2. The molecule has 6 nitrogen and oxygen atoms in total. The summed E-state index contributed by atoms with van der Waals surface area (Å²) in [7, 11) is 0. The highest BCUT2D eigenvalue weighted by atomic mass is 16.6. The number of hydrogen-bond acceptors (Lipinski definition) is 5. The van der Waals surface area contributed by atoms with Crippen LogP contribution >= 0.6 is 0 Å². The fourth-order valence-corrected chi connectivity index (χ4v) is 4.29. The number of esters is 1. The fourth-order valence-electron chi connectivity index (χ4n) is 4.29. The van der Waals surface area contributed by atoms with Crippen molar-refractivity contribution in [2.24, 2.45) is 17.8 Å². The van der Waals surface area contributed by atoms with Crippen LogP contribution < -0.4 is 0 Å². The van der Waals surface area contributed by atoms with Crippen molar-refractivity contribution in [1.82, 2.24) is 9.78 Å². The van der Waals surface area contributed by atoms with Crippen LogP contribution in [0.2, 0.25) is 0 Å². The Bertz CT molecular complexity index is 909. The molecule has 0 amide bonds. The van der Waals surface area contributed by atoms with Gasteiger partial charge in [0, 0.05) is 6.20 Å². The van der Waals surface area contributed by atoms with Gasteiger partial charge in [-0.25, -0.2) is 4.79 Å². The lowest BCUT2D eigenvalue weighted by Gasteiger charge is -2.28. The molecule has 1 aromatic carbocycles. The van der Waals surface area contributed by atoms with Crippen molar-refractivity contribution in [3.63, 3.8) is 0 Å². The van der Waals surface area contributed by atoms with E-state index in [9.17, 15) is 9.59 Å². The molecule has 0 aliphatic heterocycles. The van der Waals surface area contributed by atoms with Crippen LogP contribution in [0.3, 0.4) is 0 Å². The van der Waals surface area contributed by atoms with Crippen LogP contribution in [0.25, 0.3) is 0 Å². The van der Waals surface area contributed by atoms with Gasteiger partial charge in [-0.3, -0.25) is 4.79 Å². The van der Waals surface area contributed by atoms with E-state index in [4.69, 9.17) is 9.47 Å². The molecule has 2 aromatic rings. The van der Waals surface area contributed by atoms with Gasteiger partial charge in [0.25, 0.3) is 0 Å². The number of nitrogens with zero attached hydrogens (tertiary/aromatic N) is 2. The molecule has 6 heteroatoms. The van der Waals surface area contributed by atoms with E-state index in [1.54, 1.807) is 6.20 Å². The van der Waals surface area contributed by atoms with Crippen LogP contribution in [0.1, 0.15) is 56.9 Å². The van der Waals surface area contributed by atoms with Crippen molar-refractivity contribution in [2.75, 3.05) is 0 Å². The van der Waals surface area contributed by atoms with E-state index in [0.717, 1.165) is 48.9 Å². The van der Waals surface area contributed by atoms with Gasteiger partial charge in [0.2, 0.25) is 0 Å². The first-order valence-electron chi connectivity index (χ1n) is 10.8. The molecule has 2 atom stereocenters. The Morgan fingerprint density at radius 3 is 2.53 bits per heavy atom. The normalized spacial score (nSPS) is 19.6. The van der Waals surface area contributed by atoms with Crippen molar-refractivity contribution in [3.8, 4) is 0 Å². The summed E-state index contributed by atoms with van der Waals surface area (Å²) in [4.78, 5) is 25.3. The average Bonchev–Trinajstić information content (AvgIpc) is 3.43. The van der Waals surface area contributed by atoms with Crippen LogP contribution in [0.15, 0.2) is 36.5 Å². The number of ether oxygens (including phenoxy) is 2. The number of aryl methyl sites for hydroxylation is 1. The van der Waals surface area contributed by atoms with Crippen LogP contribution in [0.5, 0.6) is 0 Å². The molecule has 0 N–H and O–H groups in total. The Labute approximate surface area is 177 Å². The molecule has 160 valence electrons. The Morgan fingerprint density at radius 1 is 1.13 bits per heavy atom. The zero-order chi connectivity index (χ0) is 21.3. The third-order valence-electron chi connectivity index (χ3n) is 5.83. The zero-order valence-corrected chi connectivity index (χ0v) is 18.0. The van der Waals surface area contributed by atoms with Crippen molar-refractivity contribution < 1.29 is 19.1 Å². The molecule has 1 fully saturated rings. The van der Waals surface area contributed by atoms with Crippen molar-refractivity contribution in [1.29, 1.82) is 0 Å². The number of rotatable bonds is 5. The van der Waals surface area contributed by atoms with E-state index in [0.29, 0.717) is 12.5 Å². The Hall–Kier alpha value is -2.63. The predicted molar refractivity (Wildman–Crippen MR) is 112 cm³/mol. The monoisotopic (exact) mass is 410 g/mol. The first-order valence-corrected chi connectivity index (χ1v) is 10.8. The second kappa shape index (κ2) is 8.25. The highest BCUT2D eigenvalue weighted by molar-refractivity contribution is 5.74. The van der Waals surface area contributed by atoms with Gasteiger partial charge in [0.15, 0.2) is 0 Å². The minimum atomic E-state index is -0.564. The maximum absolute atomic E-state index is 13.0. The summed E-state index contributed by atoms with van der Waals surface area (Å²) in [5, 5.41) is 4.44. The van der Waals surface area contributed by atoms with Crippen molar-refractivity contribution >= 4 is 12.1 Å². The lowest BCUT2D eigenvalue weighted by Crippen LogP contribution is -2.31. The lowest BCUT2D eigenvalue weighted by atomic mass is 9.77. The second-order valence-corrected chi connectivity index (χ2v) is 9.49. The number of carbonyl (C=O) groups excluding carboxylic acids is 2. The van der Waals surface area contributed by atoms with E-state index in [2.05, 4.69) is 5.10 Å². The van der Waals surface area contributed by atoms with E-state index < -0.39 is 11.7 Å². The number of hydrogen-bond donors (Lipinski definition) is 0. The molecule has 4 rings (SSSR count). The first-order chi connectivity index (χ1) is 14.3. The third kappa shape index (κ3) is 4.91. The van der Waals surface area contributed by atoms with Gasteiger partial charge in [-0.05, 0) is 75.8 Å². The third-order valence-corrected chi connectivity index (χ3v) is 5.83. The predicted octanol–water partition coefficient (Wildman–Crippen LogP) is 4.54. The van der Waals surface area contributed by atoms with E-state index in [-0.39, 0.29) is 17.8 Å². The summed E-state index contributed by atoms with van der Waals surface area (Å²) in [6.45, 7) is 5.83.